The highest BCUT2D eigenvalue weighted by Crippen LogP contribution is 2.29. The highest BCUT2D eigenvalue weighted by molar-refractivity contribution is 9.10. The molecule has 0 bridgehead atoms. The number of carboxylic acids is 1. The van der Waals surface area contributed by atoms with Crippen molar-refractivity contribution in [1.82, 2.24) is 5.32 Å². The summed E-state index contributed by atoms with van der Waals surface area (Å²) in [6.45, 7) is 2.59. The summed E-state index contributed by atoms with van der Waals surface area (Å²) in [5.74, 6) is 1.74. The van der Waals surface area contributed by atoms with Crippen LogP contribution in [0.3, 0.4) is 0 Å². The predicted molar refractivity (Wildman–Crippen MR) is 166 cm³/mol. The van der Waals surface area contributed by atoms with Crippen LogP contribution in [-0.2, 0) is 14.4 Å². The quantitative estimate of drug-likeness (QED) is 0.155. The number of ketones is 1. The van der Waals surface area contributed by atoms with Crippen LogP contribution in [0, 0.1) is 17.7 Å². The van der Waals surface area contributed by atoms with Gasteiger partial charge in [-0.1, -0.05) is 62.6 Å². The van der Waals surface area contributed by atoms with E-state index in [1.807, 2.05) is 0 Å². The zero-order valence-electron chi connectivity index (χ0n) is 22.6. The van der Waals surface area contributed by atoms with Crippen LogP contribution in [0.25, 0.3) is 0 Å². The molecule has 0 saturated heterocycles. The molecule has 13 heteroatoms. The molecule has 224 valence electrons. The Morgan fingerprint density at radius 1 is 0.977 bits per heavy atom. The van der Waals surface area contributed by atoms with Gasteiger partial charge in [-0.05, 0) is 62.4 Å². The Morgan fingerprint density at radius 2 is 1.70 bits per heavy atom. The maximum absolute atomic E-state index is 15.0. The van der Waals surface area contributed by atoms with E-state index in [9.17, 15) is 23.6 Å². The third-order valence-electron chi connectivity index (χ3n) is 5.55. The number of hydrogen-bond donors (Lipinski definition) is 3. The molecule has 0 heterocycles. The largest absolute Gasteiger partial charge is 0.483 e. The number of benzene rings is 3. The first-order valence-electron chi connectivity index (χ1n) is 12.4. The van der Waals surface area contributed by atoms with E-state index in [2.05, 4.69) is 38.4 Å². The molecule has 0 saturated carbocycles. The molecule has 3 aromatic rings. The summed E-state index contributed by atoms with van der Waals surface area (Å²) in [4.78, 5) is 48.4. The molecular formula is C30H23BrCl3FN2O6. The van der Waals surface area contributed by atoms with Crippen molar-refractivity contribution in [2.24, 2.45) is 0 Å². The van der Waals surface area contributed by atoms with Gasteiger partial charge in [-0.3, -0.25) is 19.2 Å². The number of carbonyl (C=O) groups excluding carboxylic acids is 3. The topological polar surface area (TPSA) is 122 Å². The molecule has 0 fully saturated rings. The van der Waals surface area contributed by atoms with Crippen molar-refractivity contribution in [3.8, 4) is 17.6 Å². The molecule has 0 spiro atoms. The minimum absolute atomic E-state index is 0.0456. The van der Waals surface area contributed by atoms with Crippen LogP contribution in [-0.4, -0.2) is 40.8 Å². The number of carboxylic acid groups (broad SMARTS) is 1. The Hall–Kier alpha value is -3.62. The molecule has 0 aliphatic rings. The molecule has 3 N–H and O–H groups in total. The normalized spacial score (nSPS) is 10.8. The van der Waals surface area contributed by atoms with Gasteiger partial charge in [0.2, 0.25) is 5.91 Å². The number of aliphatic carboxylic acids is 1. The third-order valence-corrected chi connectivity index (χ3v) is 6.83. The van der Waals surface area contributed by atoms with Gasteiger partial charge in [-0.15, -0.1) is 0 Å². The van der Waals surface area contributed by atoms with Gasteiger partial charge in [0.15, 0.2) is 18.2 Å². The lowest BCUT2D eigenvalue weighted by Gasteiger charge is -2.19. The van der Waals surface area contributed by atoms with Crippen molar-refractivity contribution < 1.29 is 33.4 Å². The van der Waals surface area contributed by atoms with Crippen molar-refractivity contribution in [2.75, 3.05) is 11.9 Å². The van der Waals surface area contributed by atoms with Gasteiger partial charge < -0.3 is 20.5 Å². The average molecular weight is 713 g/mol. The van der Waals surface area contributed by atoms with E-state index in [4.69, 9.17) is 44.6 Å². The number of nitrogens with one attached hydrogen (secondary N) is 2. The number of rotatable bonds is 10. The Kier molecular flexibility index (Phi) is 11.6. The zero-order valence-corrected chi connectivity index (χ0v) is 26.5. The van der Waals surface area contributed by atoms with E-state index in [-0.39, 0.29) is 46.0 Å². The second-order valence-corrected chi connectivity index (χ2v) is 11.7. The molecule has 0 unspecified atom stereocenters. The predicted octanol–water partition coefficient (Wildman–Crippen LogP) is 6.91. The summed E-state index contributed by atoms with van der Waals surface area (Å²) in [5.41, 5.74) is -0.864. The Morgan fingerprint density at radius 3 is 2.37 bits per heavy atom. The fraction of sp³-hybridized carbons (Fsp3) is 0.200. The highest BCUT2D eigenvalue weighted by atomic mass is 79.9. The fourth-order valence-electron chi connectivity index (χ4n) is 3.60. The Bertz CT molecular complexity index is 1650. The summed E-state index contributed by atoms with van der Waals surface area (Å²) in [5, 5.41) is 13.9. The average Bonchev–Trinajstić information content (AvgIpc) is 2.92. The van der Waals surface area contributed by atoms with Crippen LogP contribution in [0.1, 0.15) is 48.2 Å². The first-order chi connectivity index (χ1) is 20.1. The number of carbonyl (C=O) groups is 4. The van der Waals surface area contributed by atoms with E-state index in [1.165, 1.54) is 36.4 Å². The van der Waals surface area contributed by atoms with E-state index < -0.39 is 46.6 Å². The van der Waals surface area contributed by atoms with Gasteiger partial charge in [0.1, 0.15) is 10.8 Å². The van der Waals surface area contributed by atoms with Gasteiger partial charge in [-0.2, -0.15) is 0 Å². The molecule has 0 aromatic heterocycles. The van der Waals surface area contributed by atoms with E-state index in [0.717, 1.165) is 0 Å². The fourth-order valence-corrected chi connectivity index (χ4v) is 4.85. The second-order valence-electron chi connectivity index (χ2n) is 9.57. The van der Waals surface area contributed by atoms with Crippen LogP contribution >= 0.6 is 50.7 Å². The zero-order chi connectivity index (χ0) is 31.9. The van der Waals surface area contributed by atoms with E-state index in [0.29, 0.717) is 9.50 Å². The maximum Gasteiger partial charge on any atom is 0.303 e. The number of halogens is 5. The molecule has 3 aromatic carbocycles. The summed E-state index contributed by atoms with van der Waals surface area (Å²) in [7, 11) is 0. The van der Waals surface area contributed by atoms with Gasteiger partial charge in [0.25, 0.3) is 5.91 Å². The first-order valence-corrected chi connectivity index (χ1v) is 14.3. The molecule has 0 atom stereocenters. The van der Waals surface area contributed by atoms with Crippen molar-refractivity contribution in [1.29, 1.82) is 0 Å². The lowest BCUT2D eigenvalue weighted by Crippen LogP contribution is -2.42. The SMILES string of the molecule is CC(C)(C#Cc1ccc(NC(=O)COc2ccc(Cl)cc2C(=O)c2cc(Cl)cc(Br)c2)c(Cl)c1F)NC(=O)CCC(=O)O. The van der Waals surface area contributed by atoms with Gasteiger partial charge in [-0.25, -0.2) is 4.39 Å². The molecule has 0 aliphatic carbocycles. The van der Waals surface area contributed by atoms with Crippen molar-refractivity contribution in [3.63, 3.8) is 0 Å². The second kappa shape index (κ2) is 14.7. The Balaban J connectivity index is 1.70. The van der Waals surface area contributed by atoms with Gasteiger partial charge >= 0.3 is 5.97 Å². The number of amides is 2. The maximum atomic E-state index is 15.0. The van der Waals surface area contributed by atoms with Crippen LogP contribution in [0.15, 0.2) is 53.0 Å². The first kappa shape index (κ1) is 33.9. The minimum atomic E-state index is -1.11. The molecule has 0 radical (unpaired) electrons. The Labute approximate surface area is 270 Å². The third kappa shape index (κ3) is 9.97. The lowest BCUT2D eigenvalue weighted by molar-refractivity contribution is -0.139. The molecule has 3 rings (SSSR count). The molecule has 8 nitrogen and oxygen atoms in total. The van der Waals surface area contributed by atoms with Gasteiger partial charge in [0.05, 0.1) is 28.8 Å². The van der Waals surface area contributed by atoms with Crippen molar-refractivity contribution in [2.45, 2.75) is 32.2 Å². The van der Waals surface area contributed by atoms with E-state index >= 15 is 0 Å². The number of hydrogen-bond acceptors (Lipinski definition) is 5. The van der Waals surface area contributed by atoms with Gasteiger partial charge in [0, 0.05) is 26.5 Å². The molecule has 0 aliphatic heterocycles. The minimum Gasteiger partial charge on any atom is -0.483 e. The van der Waals surface area contributed by atoms with Crippen molar-refractivity contribution in [3.05, 3.63) is 90.6 Å². The number of ether oxygens (including phenoxy) is 1. The number of anilines is 1. The van der Waals surface area contributed by atoms with Crippen LogP contribution in [0.5, 0.6) is 5.75 Å². The highest BCUT2D eigenvalue weighted by Gasteiger charge is 2.20. The van der Waals surface area contributed by atoms with Crippen LogP contribution < -0.4 is 15.4 Å². The molecule has 43 heavy (non-hydrogen) atoms. The molecular weight excluding hydrogens is 690 g/mol. The van der Waals surface area contributed by atoms with Crippen molar-refractivity contribution >= 4 is 80.0 Å². The summed E-state index contributed by atoms with van der Waals surface area (Å²) in [6, 6.07) is 11.7. The van der Waals surface area contributed by atoms with Crippen LogP contribution in [0.2, 0.25) is 15.1 Å². The summed E-state index contributed by atoms with van der Waals surface area (Å²) in [6.07, 6.45) is -0.563. The summed E-state index contributed by atoms with van der Waals surface area (Å²) >= 11 is 21.6. The van der Waals surface area contributed by atoms with Crippen LogP contribution in [0.4, 0.5) is 10.1 Å². The standard InChI is InChI=1S/C30H23BrCl3FN2O6/c1-30(2,37-24(38)7-8-26(40)41)10-9-16-3-5-22(27(34)28(16)35)36-25(39)15-43-23-6-4-19(32)14-21(23)29(42)17-11-18(31)13-20(33)12-17/h3-6,11-14H,7-8,15H2,1-2H3,(H,36,39)(H,37,38)(H,40,41). The molecule has 2 amide bonds. The smallest absolute Gasteiger partial charge is 0.303 e. The summed E-state index contributed by atoms with van der Waals surface area (Å²) < 4.78 is 21.2. The van der Waals surface area contributed by atoms with E-state index in [1.54, 1.807) is 26.0 Å². The monoisotopic (exact) mass is 710 g/mol. The lowest BCUT2D eigenvalue weighted by atomic mass is 10.0.